The van der Waals surface area contributed by atoms with Gasteiger partial charge in [-0.2, -0.15) is 0 Å². The molecule has 0 atom stereocenters. The third kappa shape index (κ3) is 2.01. The zero-order valence-corrected chi connectivity index (χ0v) is 10.2. The van der Waals surface area contributed by atoms with Gasteiger partial charge in [-0.25, -0.2) is 4.79 Å². The molecule has 0 aromatic heterocycles. The summed E-state index contributed by atoms with van der Waals surface area (Å²) in [6.45, 7) is 3.63. The van der Waals surface area contributed by atoms with Crippen LogP contribution in [-0.4, -0.2) is 21.5 Å². The van der Waals surface area contributed by atoms with Crippen LogP contribution in [0.5, 0.6) is 0 Å². The predicted molar refractivity (Wildman–Crippen MR) is 65.8 cm³/mol. The second-order valence-corrected chi connectivity index (χ2v) is 4.72. The van der Waals surface area contributed by atoms with Gasteiger partial charge in [0, 0.05) is 6.07 Å². The Morgan fingerprint density at radius 2 is 1.94 bits per heavy atom. The van der Waals surface area contributed by atoms with E-state index in [9.17, 15) is 14.9 Å². The summed E-state index contributed by atoms with van der Waals surface area (Å²) in [6.07, 6.45) is 0.985. The first kappa shape index (κ1) is 12.3. The van der Waals surface area contributed by atoms with E-state index in [1.165, 1.54) is 6.07 Å². The van der Waals surface area contributed by atoms with Gasteiger partial charge >= 0.3 is 5.97 Å². The van der Waals surface area contributed by atoms with Crippen molar-refractivity contribution < 1.29 is 14.8 Å². The van der Waals surface area contributed by atoms with Crippen molar-refractivity contribution in [3.8, 4) is 0 Å². The molecule has 6 nitrogen and oxygen atoms in total. The number of aliphatic carboxylic acids is 1. The van der Waals surface area contributed by atoms with Gasteiger partial charge in [0.25, 0.3) is 5.69 Å². The number of rotatable bonds is 4. The zero-order chi connectivity index (χ0) is 13.5. The third-order valence-corrected chi connectivity index (χ3v) is 3.34. The molecule has 2 rings (SSSR count). The molecular formula is C12H14N2O4. The molecule has 1 fully saturated rings. The molecule has 0 aliphatic heterocycles. The second-order valence-electron chi connectivity index (χ2n) is 4.72. The fourth-order valence-electron chi connectivity index (χ4n) is 1.83. The first-order valence-corrected chi connectivity index (χ1v) is 5.63. The molecule has 0 radical (unpaired) electrons. The lowest BCUT2D eigenvalue weighted by Crippen LogP contribution is -2.31. The lowest BCUT2D eigenvalue weighted by Gasteiger charge is -2.15. The molecule has 18 heavy (non-hydrogen) atoms. The minimum Gasteiger partial charge on any atom is -0.480 e. The summed E-state index contributed by atoms with van der Waals surface area (Å²) in [5.41, 5.74) is 0.886. The fourth-order valence-corrected chi connectivity index (χ4v) is 1.83. The van der Waals surface area contributed by atoms with Gasteiger partial charge in [0.1, 0.15) is 11.2 Å². The Kier molecular flexibility index (Phi) is 2.73. The standard InChI is InChI=1S/C12H14N2O4/c1-7-5-9(10(14(17)18)6-8(7)2)13-12(3-4-12)11(15)16/h5-6,13H,3-4H2,1-2H3,(H,15,16). The van der Waals surface area contributed by atoms with Crippen molar-refractivity contribution in [2.45, 2.75) is 32.2 Å². The van der Waals surface area contributed by atoms with Gasteiger partial charge in [0.15, 0.2) is 0 Å². The van der Waals surface area contributed by atoms with Crippen molar-refractivity contribution in [1.29, 1.82) is 0 Å². The number of anilines is 1. The minimum absolute atomic E-state index is 0.0781. The van der Waals surface area contributed by atoms with Crippen molar-refractivity contribution in [2.24, 2.45) is 0 Å². The number of nitrogens with one attached hydrogen (secondary N) is 1. The molecular weight excluding hydrogens is 236 g/mol. The normalized spacial score (nSPS) is 16.1. The quantitative estimate of drug-likeness (QED) is 0.631. The van der Waals surface area contributed by atoms with Gasteiger partial charge in [0.2, 0.25) is 0 Å². The van der Waals surface area contributed by atoms with Gasteiger partial charge in [0.05, 0.1) is 4.92 Å². The summed E-state index contributed by atoms with van der Waals surface area (Å²) in [6, 6.07) is 3.10. The van der Waals surface area contributed by atoms with Crippen molar-refractivity contribution >= 4 is 17.3 Å². The number of benzene rings is 1. The zero-order valence-electron chi connectivity index (χ0n) is 10.2. The van der Waals surface area contributed by atoms with Crippen molar-refractivity contribution in [1.82, 2.24) is 0 Å². The molecule has 2 N–H and O–H groups in total. The van der Waals surface area contributed by atoms with Crippen LogP contribution in [-0.2, 0) is 4.79 Å². The fraction of sp³-hybridized carbons (Fsp3) is 0.417. The largest absolute Gasteiger partial charge is 0.480 e. The third-order valence-electron chi connectivity index (χ3n) is 3.34. The molecule has 0 heterocycles. The number of hydrogen-bond donors (Lipinski definition) is 2. The predicted octanol–water partition coefficient (Wildman–Crippen LogP) is 2.24. The molecule has 0 amide bonds. The van der Waals surface area contributed by atoms with Crippen LogP contribution >= 0.6 is 0 Å². The molecule has 1 aliphatic rings. The topological polar surface area (TPSA) is 92.5 Å². The molecule has 0 spiro atoms. The Morgan fingerprint density at radius 3 is 2.39 bits per heavy atom. The highest BCUT2D eigenvalue weighted by Crippen LogP contribution is 2.41. The highest BCUT2D eigenvalue weighted by atomic mass is 16.6. The number of hydrogen-bond acceptors (Lipinski definition) is 4. The summed E-state index contributed by atoms with van der Waals surface area (Å²) >= 11 is 0. The van der Waals surface area contributed by atoms with Crippen LogP contribution in [0, 0.1) is 24.0 Å². The van der Waals surface area contributed by atoms with Crippen LogP contribution in [0.25, 0.3) is 0 Å². The van der Waals surface area contributed by atoms with E-state index in [4.69, 9.17) is 5.11 Å². The molecule has 0 bridgehead atoms. The monoisotopic (exact) mass is 250 g/mol. The van der Waals surface area contributed by atoms with E-state index in [0.717, 1.165) is 11.1 Å². The van der Waals surface area contributed by atoms with Crippen molar-refractivity contribution in [3.63, 3.8) is 0 Å². The molecule has 0 saturated heterocycles. The van der Waals surface area contributed by atoms with Gasteiger partial charge < -0.3 is 10.4 Å². The number of carboxylic acids is 1. The first-order chi connectivity index (χ1) is 8.35. The summed E-state index contributed by atoms with van der Waals surface area (Å²) < 4.78 is 0. The van der Waals surface area contributed by atoms with Crippen LogP contribution < -0.4 is 5.32 Å². The van der Waals surface area contributed by atoms with Crippen LogP contribution in [0.4, 0.5) is 11.4 Å². The molecule has 1 aliphatic carbocycles. The van der Waals surface area contributed by atoms with E-state index in [1.807, 2.05) is 6.92 Å². The summed E-state index contributed by atoms with van der Waals surface area (Å²) in [7, 11) is 0. The number of nitro benzene ring substituents is 1. The lowest BCUT2D eigenvalue weighted by molar-refractivity contribution is -0.384. The Labute approximate surface area is 104 Å². The Hall–Kier alpha value is -2.11. The molecule has 1 saturated carbocycles. The van der Waals surface area contributed by atoms with Crippen LogP contribution in [0.3, 0.4) is 0 Å². The highest BCUT2D eigenvalue weighted by molar-refractivity contribution is 5.87. The van der Waals surface area contributed by atoms with E-state index in [0.29, 0.717) is 12.8 Å². The van der Waals surface area contributed by atoms with Crippen molar-refractivity contribution in [3.05, 3.63) is 33.4 Å². The molecule has 6 heteroatoms. The van der Waals surface area contributed by atoms with E-state index in [2.05, 4.69) is 5.32 Å². The average Bonchev–Trinajstić information content (AvgIpc) is 3.03. The number of aryl methyl sites for hydroxylation is 2. The van der Waals surface area contributed by atoms with Crippen LogP contribution in [0.15, 0.2) is 12.1 Å². The highest BCUT2D eigenvalue weighted by Gasteiger charge is 2.51. The maximum atomic E-state index is 11.1. The number of carbonyl (C=O) groups is 1. The number of nitro groups is 1. The Bertz CT molecular complexity index is 535. The maximum Gasteiger partial charge on any atom is 0.329 e. The van der Waals surface area contributed by atoms with Gasteiger partial charge in [-0.15, -0.1) is 0 Å². The lowest BCUT2D eigenvalue weighted by atomic mass is 10.1. The smallest absolute Gasteiger partial charge is 0.329 e. The Morgan fingerprint density at radius 1 is 1.39 bits per heavy atom. The molecule has 96 valence electrons. The Balaban J connectivity index is 2.41. The average molecular weight is 250 g/mol. The number of nitrogens with zero attached hydrogens (tertiary/aromatic N) is 1. The van der Waals surface area contributed by atoms with E-state index in [1.54, 1.807) is 13.0 Å². The minimum atomic E-state index is -1.02. The summed E-state index contributed by atoms with van der Waals surface area (Å²) in [5.74, 6) is -0.963. The molecule has 0 unspecified atom stereocenters. The molecule has 1 aromatic carbocycles. The first-order valence-electron chi connectivity index (χ1n) is 5.63. The number of carboxylic acid groups (broad SMARTS) is 1. The van der Waals surface area contributed by atoms with E-state index in [-0.39, 0.29) is 11.4 Å². The SMILES string of the molecule is Cc1cc(NC2(C(=O)O)CC2)c([N+](=O)[O-])cc1C. The second kappa shape index (κ2) is 3.97. The molecule has 1 aromatic rings. The van der Waals surface area contributed by atoms with Crippen molar-refractivity contribution in [2.75, 3.05) is 5.32 Å². The maximum absolute atomic E-state index is 11.1. The van der Waals surface area contributed by atoms with E-state index >= 15 is 0 Å². The van der Waals surface area contributed by atoms with Crippen LogP contribution in [0.1, 0.15) is 24.0 Å². The van der Waals surface area contributed by atoms with Gasteiger partial charge in [-0.3, -0.25) is 10.1 Å². The van der Waals surface area contributed by atoms with Gasteiger partial charge in [-0.1, -0.05) is 0 Å². The van der Waals surface area contributed by atoms with Gasteiger partial charge in [-0.05, 0) is 43.9 Å². The summed E-state index contributed by atoms with van der Waals surface area (Å²) in [4.78, 5) is 21.6. The van der Waals surface area contributed by atoms with Crippen LogP contribution in [0.2, 0.25) is 0 Å². The van der Waals surface area contributed by atoms with E-state index < -0.39 is 16.4 Å². The summed E-state index contributed by atoms with van der Waals surface area (Å²) in [5, 5.41) is 22.9.